The predicted molar refractivity (Wildman–Crippen MR) is 81.6 cm³/mol. The van der Waals surface area contributed by atoms with Gasteiger partial charge in [-0.3, -0.25) is 4.79 Å². The van der Waals surface area contributed by atoms with Crippen molar-refractivity contribution in [3.05, 3.63) is 29.8 Å². The fraction of sp³-hybridized carbons (Fsp3) is 0.533. The van der Waals surface area contributed by atoms with Gasteiger partial charge >= 0.3 is 0 Å². The van der Waals surface area contributed by atoms with Crippen molar-refractivity contribution in [3.63, 3.8) is 0 Å². The Morgan fingerprint density at radius 3 is 2.37 bits per heavy atom. The fourth-order valence-electron chi connectivity index (χ4n) is 1.81. The van der Waals surface area contributed by atoms with Gasteiger partial charge in [-0.1, -0.05) is 32.9 Å². The Balaban J connectivity index is 2.45. The molecule has 1 amide bonds. The van der Waals surface area contributed by atoms with E-state index in [0.717, 1.165) is 5.56 Å². The zero-order valence-corrected chi connectivity index (χ0v) is 12.9. The van der Waals surface area contributed by atoms with Crippen molar-refractivity contribution in [2.45, 2.75) is 32.4 Å². The molecule has 2 N–H and O–H groups in total. The standard InChI is InChI=1S/C15H23NO2S/c1-15(2,3)13(19-4)10-16-14(18)9-11-5-7-12(17)8-6-11/h5-8,13,17H,9-10H2,1-4H3,(H,16,18)/t13-/m1/s1. The number of hydrogen-bond acceptors (Lipinski definition) is 3. The van der Waals surface area contributed by atoms with E-state index in [0.29, 0.717) is 18.2 Å². The molecule has 0 saturated carbocycles. The number of carbonyl (C=O) groups is 1. The van der Waals surface area contributed by atoms with Crippen LogP contribution in [-0.4, -0.2) is 29.1 Å². The Hall–Kier alpha value is -1.16. The summed E-state index contributed by atoms with van der Waals surface area (Å²) in [6.07, 6.45) is 2.42. The molecule has 1 rings (SSSR count). The maximum absolute atomic E-state index is 11.9. The van der Waals surface area contributed by atoms with Crippen LogP contribution in [0.1, 0.15) is 26.3 Å². The molecule has 19 heavy (non-hydrogen) atoms. The van der Waals surface area contributed by atoms with Crippen molar-refractivity contribution < 1.29 is 9.90 Å². The molecule has 1 atom stereocenters. The van der Waals surface area contributed by atoms with E-state index in [4.69, 9.17) is 0 Å². The van der Waals surface area contributed by atoms with Crippen molar-refractivity contribution in [1.29, 1.82) is 0 Å². The van der Waals surface area contributed by atoms with E-state index < -0.39 is 0 Å². The van der Waals surface area contributed by atoms with E-state index in [2.05, 4.69) is 32.3 Å². The second-order valence-corrected chi connectivity index (χ2v) is 6.78. The van der Waals surface area contributed by atoms with E-state index in [1.807, 2.05) is 0 Å². The number of phenols is 1. The van der Waals surface area contributed by atoms with Crippen LogP contribution in [-0.2, 0) is 11.2 Å². The van der Waals surface area contributed by atoms with Crippen LogP contribution in [0.15, 0.2) is 24.3 Å². The highest BCUT2D eigenvalue weighted by molar-refractivity contribution is 7.99. The first-order valence-corrected chi connectivity index (χ1v) is 7.69. The Morgan fingerprint density at radius 2 is 1.89 bits per heavy atom. The summed E-state index contributed by atoms with van der Waals surface area (Å²) >= 11 is 1.78. The van der Waals surface area contributed by atoms with Crippen molar-refractivity contribution in [1.82, 2.24) is 5.32 Å². The Morgan fingerprint density at radius 1 is 1.32 bits per heavy atom. The monoisotopic (exact) mass is 281 g/mol. The van der Waals surface area contributed by atoms with Gasteiger partial charge in [-0.2, -0.15) is 11.8 Å². The van der Waals surface area contributed by atoms with E-state index >= 15 is 0 Å². The van der Waals surface area contributed by atoms with Crippen LogP contribution in [0, 0.1) is 5.41 Å². The Labute approximate surface area is 119 Å². The lowest BCUT2D eigenvalue weighted by molar-refractivity contribution is -0.120. The molecule has 0 aromatic heterocycles. The molecule has 0 saturated heterocycles. The molecule has 0 radical (unpaired) electrons. The van der Waals surface area contributed by atoms with E-state index in [9.17, 15) is 9.90 Å². The van der Waals surface area contributed by atoms with E-state index in [1.54, 1.807) is 36.0 Å². The van der Waals surface area contributed by atoms with Crippen molar-refractivity contribution in [3.8, 4) is 5.75 Å². The summed E-state index contributed by atoms with van der Waals surface area (Å²) in [5.74, 6) is 0.244. The number of phenolic OH excluding ortho intramolecular Hbond substituents is 1. The smallest absolute Gasteiger partial charge is 0.224 e. The van der Waals surface area contributed by atoms with E-state index in [-0.39, 0.29) is 17.1 Å². The first kappa shape index (κ1) is 15.9. The molecular formula is C15H23NO2S. The quantitative estimate of drug-likeness (QED) is 0.872. The van der Waals surface area contributed by atoms with Crippen LogP contribution in [0.5, 0.6) is 5.75 Å². The van der Waals surface area contributed by atoms with Gasteiger partial charge in [-0.05, 0) is 29.4 Å². The molecule has 0 fully saturated rings. The SMILES string of the molecule is CS[C@H](CNC(=O)Cc1ccc(O)cc1)C(C)(C)C. The number of nitrogens with one attached hydrogen (secondary N) is 1. The van der Waals surface area contributed by atoms with Crippen LogP contribution in [0.3, 0.4) is 0 Å². The molecule has 1 aromatic carbocycles. The minimum atomic E-state index is 0.0222. The molecule has 4 heteroatoms. The van der Waals surface area contributed by atoms with Gasteiger partial charge in [-0.15, -0.1) is 0 Å². The minimum Gasteiger partial charge on any atom is -0.508 e. The number of aromatic hydroxyl groups is 1. The molecule has 3 nitrogen and oxygen atoms in total. The Kier molecular flexibility index (Phi) is 5.73. The highest BCUT2D eigenvalue weighted by atomic mass is 32.2. The molecule has 0 aliphatic rings. The van der Waals surface area contributed by atoms with Gasteiger partial charge in [-0.25, -0.2) is 0 Å². The lowest BCUT2D eigenvalue weighted by Gasteiger charge is -2.29. The van der Waals surface area contributed by atoms with Gasteiger partial charge in [0.1, 0.15) is 5.75 Å². The third-order valence-corrected chi connectivity index (χ3v) is 4.48. The normalized spacial score (nSPS) is 13.1. The molecule has 1 aromatic rings. The number of thioether (sulfide) groups is 1. The van der Waals surface area contributed by atoms with Crippen molar-refractivity contribution in [2.75, 3.05) is 12.8 Å². The molecule has 0 spiro atoms. The molecule has 0 aliphatic carbocycles. The summed E-state index contributed by atoms with van der Waals surface area (Å²) < 4.78 is 0. The summed E-state index contributed by atoms with van der Waals surface area (Å²) in [6.45, 7) is 7.22. The first-order chi connectivity index (χ1) is 8.82. The highest BCUT2D eigenvalue weighted by Gasteiger charge is 2.23. The first-order valence-electron chi connectivity index (χ1n) is 6.40. The summed E-state index contributed by atoms with van der Waals surface area (Å²) in [4.78, 5) is 11.9. The highest BCUT2D eigenvalue weighted by Crippen LogP contribution is 2.28. The zero-order valence-electron chi connectivity index (χ0n) is 12.1. The molecule has 0 aliphatic heterocycles. The molecule has 0 unspecified atom stereocenters. The topological polar surface area (TPSA) is 49.3 Å². The summed E-state index contributed by atoms with van der Waals surface area (Å²) in [5.41, 5.74) is 1.08. The van der Waals surface area contributed by atoms with Crippen LogP contribution in [0.25, 0.3) is 0 Å². The summed E-state index contributed by atoms with van der Waals surface area (Å²) in [5, 5.41) is 12.6. The minimum absolute atomic E-state index is 0.0222. The Bertz CT molecular complexity index is 409. The predicted octanol–water partition coefficient (Wildman–Crippen LogP) is 2.83. The number of hydrogen-bond donors (Lipinski definition) is 2. The second kappa shape index (κ2) is 6.85. The van der Waals surface area contributed by atoms with Gasteiger partial charge in [0.2, 0.25) is 5.91 Å². The lowest BCUT2D eigenvalue weighted by atomic mass is 9.91. The van der Waals surface area contributed by atoms with E-state index in [1.165, 1.54) is 0 Å². The summed E-state index contributed by atoms with van der Waals surface area (Å²) in [6, 6.07) is 6.74. The number of amides is 1. The largest absolute Gasteiger partial charge is 0.508 e. The summed E-state index contributed by atoms with van der Waals surface area (Å²) in [7, 11) is 0. The molecule has 106 valence electrons. The second-order valence-electron chi connectivity index (χ2n) is 5.74. The maximum atomic E-state index is 11.9. The van der Waals surface area contributed by atoms with Crippen LogP contribution in [0.4, 0.5) is 0 Å². The van der Waals surface area contributed by atoms with Gasteiger partial charge < -0.3 is 10.4 Å². The number of carbonyl (C=O) groups excluding carboxylic acids is 1. The molecule has 0 heterocycles. The van der Waals surface area contributed by atoms with Gasteiger partial charge in [0.15, 0.2) is 0 Å². The molecule has 0 bridgehead atoms. The fourth-order valence-corrected chi connectivity index (χ4v) is 2.77. The van der Waals surface area contributed by atoms with Crippen molar-refractivity contribution >= 4 is 17.7 Å². The third kappa shape index (κ3) is 5.55. The van der Waals surface area contributed by atoms with Crippen LogP contribution >= 0.6 is 11.8 Å². The molecular weight excluding hydrogens is 258 g/mol. The number of rotatable bonds is 5. The van der Waals surface area contributed by atoms with Crippen molar-refractivity contribution in [2.24, 2.45) is 5.41 Å². The van der Waals surface area contributed by atoms with Crippen LogP contribution in [0.2, 0.25) is 0 Å². The average Bonchev–Trinajstić information content (AvgIpc) is 2.31. The zero-order chi connectivity index (χ0) is 14.5. The van der Waals surface area contributed by atoms with Gasteiger partial charge in [0.05, 0.1) is 6.42 Å². The lowest BCUT2D eigenvalue weighted by Crippen LogP contribution is -2.37. The maximum Gasteiger partial charge on any atom is 0.224 e. The van der Waals surface area contributed by atoms with Crippen LogP contribution < -0.4 is 5.32 Å². The number of benzene rings is 1. The van der Waals surface area contributed by atoms with Gasteiger partial charge in [0.25, 0.3) is 0 Å². The third-order valence-electron chi connectivity index (χ3n) is 3.04. The van der Waals surface area contributed by atoms with Gasteiger partial charge in [0, 0.05) is 11.8 Å². The average molecular weight is 281 g/mol.